The minimum absolute atomic E-state index is 0.0768. The fourth-order valence-electron chi connectivity index (χ4n) is 3.90. The van der Waals surface area contributed by atoms with Crippen LogP contribution >= 0.6 is 11.8 Å². The molecule has 2 heterocycles. The Morgan fingerprint density at radius 3 is 2.61 bits per heavy atom. The van der Waals surface area contributed by atoms with Crippen molar-refractivity contribution in [1.82, 2.24) is 5.32 Å². The van der Waals surface area contributed by atoms with Crippen LogP contribution in [-0.2, 0) is 20.9 Å². The zero-order valence-electron chi connectivity index (χ0n) is 19.9. The van der Waals surface area contributed by atoms with Crippen molar-refractivity contribution in [2.45, 2.75) is 26.4 Å². The molecule has 36 heavy (non-hydrogen) atoms. The van der Waals surface area contributed by atoms with E-state index in [1.807, 2.05) is 61.5 Å². The summed E-state index contributed by atoms with van der Waals surface area (Å²) in [6.45, 7) is 3.80. The molecule has 7 nitrogen and oxygen atoms in total. The molecule has 0 saturated carbocycles. The molecule has 1 atom stereocenters. The maximum atomic E-state index is 13.2. The number of nitrogens with one attached hydrogen (secondary N) is 2. The zero-order valence-corrected chi connectivity index (χ0v) is 20.7. The van der Waals surface area contributed by atoms with E-state index >= 15 is 0 Å². The number of carbonyl (C=O) groups is 2. The molecule has 1 amide bonds. The molecule has 2 N–H and O–H groups in total. The third kappa shape index (κ3) is 5.88. The summed E-state index contributed by atoms with van der Waals surface area (Å²) in [4.78, 5) is 25.8. The monoisotopic (exact) mass is 499 g/mol. The second-order valence-corrected chi connectivity index (χ2v) is 9.22. The third-order valence-corrected chi connectivity index (χ3v) is 6.57. The van der Waals surface area contributed by atoms with E-state index in [4.69, 9.17) is 9.15 Å². The van der Waals surface area contributed by atoms with Crippen LogP contribution in [0, 0.1) is 18.3 Å². The predicted molar refractivity (Wildman–Crippen MR) is 138 cm³/mol. The van der Waals surface area contributed by atoms with Gasteiger partial charge in [-0.1, -0.05) is 54.2 Å². The van der Waals surface area contributed by atoms with Gasteiger partial charge in [-0.15, -0.1) is 0 Å². The first-order chi connectivity index (χ1) is 17.5. The highest BCUT2D eigenvalue weighted by atomic mass is 32.2. The van der Waals surface area contributed by atoms with Crippen molar-refractivity contribution in [2.75, 3.05) is 11.1 Å². The van der Waals surface area contributed by atoms with E-state index in [1.165, 1.54) is 18.0 Å². The number of amides is 1. The molecule has 4 rings (SSSR count). The van der Waals surface area contributed by atoms with Crippen LogP contribution in [0.5, 0.6) is 0 Å². The fraction of sp³-hybridized carbons (Fsp3) is 0.179. The van der Waals surface area contributed by atoms with Gasteiger partial charge in [0.1, 0.15) is 12.4 Å². The molecule has 0 saturated heterocycles. The first kappa shape index (κ1) is 24.9. The van der Waals surface area contributed by atoms with Crippen LogP contribution in [0.1, 0.15) is 29.7 Å². The average Bonchev–Trinajstić information content (AvgIpc) is 3.41. The molecule has 8 heteroatoms. The number of hydrogen-bond acceptors (Lipinski definition) is 7. The summed E-state index contributed by atoms with van der Waals surface area (Å²) in [5.74, 6) is -0.980. The average molecular weight is 500 g/mol. The van der Waals surface area contributed by atoms with Crippen LogP contribution in [0.2, 0.25) is 0 Å². The van der Waals surface area contributed by atoms with Crippen molar-refractivity contribution in [1.29, 1.82) is 5.26 Å². The van der Waals surface area contributed by atoms with Gasteiger partial charge < -0.3 is 19.8 Å². The van der Waals surface area contributed by atoms with E-state index in [1.54, 1.807) is 19.1 Å². The quantitative estimate of drug-likeness (QED) is 0.400. The van der Waals surface area contributed by atoms with Gasteiger partial charge in [0, 0.05) is 11.4 Å². The van der Waals surface area contributed by atoms with E-state index in [2.05, 4.69) is 16.7 Å². The number of allylic oxidation sites excluding steroid dienone is 2. The minimum Gasteiger partial charge on any atom is -0.468 e. The lowest BCUT2D eigenvalue weighted by atomic mass is 9.86. The summed E-state index contributed by atoms with van der Waals surface area (Å²) in [6, 6.07) is 22.5. The van der Waals surface area contributed by atoms with Crippen LogP contribution in [-0.4, -0.2) is 17.6 Å². The number of hydrogen-bond donors (Lipinski definition) is 2. The van der Waals surface area contributed by atoms with E-state index in [0.29, 0.717) is 27.7 Å². The fourth-order valence-corrected chi connectivity index (χ4v) is 4.79. The standard InChI is InChI=1S/C28H25N3O4S/c1-18-8-6-11-21(14-18)31-24(32)17-36-27-22(15-29)26(23-12-7-13-34-23)25(19(2)30-27)28(33)35-16-20-9-4-3-5-10-20/h3-14,26,30H,16-17H2,1-2H3,(H,31,32). The number of carbonyl (C=O) groups excluding carboxylic acids is 2. The number of nitriles is 1. The topological polar surface area (TPSA) is 104 Å². The largest absolute Gasteiger partial charge is 0.468 e. The Morgan fingerprint density at radius 1 is 1.11 bits per heavy atom. The molecule has 3 aromatic rings. The Hall–Kier alpha value is -4.22. The molecule has 182 valence electrons. The number of rotatable bonds is 8. The van der Waals surface area contributed by atoms with Gasteiger partial charge in [0.25, 0.3) is 0 Å². The second kappa shape index (κ2) is 11.5. The van der Waals surface area contributed by atoms with Gasteiger partial charge in [0.15, 0.2) is 0 Å². The molecule has 0 radical (unpaired) electrons. The van der Waals surface area contributed by atoms with Crippen molar-refractivity contribution in [3.8, 4) is 6.07 Å². The number of aryl methyl sites for hydroxylation is 1. The normalized spacial score (nSPS) is 15.2. The van der Waals surface area contributed by atoms with Gasteiger partial charge in [-0.2, -0.15) is 5.26 Å². The molecule has 2 aromatic carbocycles. The van der Waals surface area contributed by atoms with Crippen LogP contribution in [0.15, 0.2) is 99.3 Å². The van der Waals surface area contributed by atoms with Gasteiger partial charge in [-0.3, -0.25) is 4.79 Å². The molecular formula is C28H25N3O4S. The summed E-state index contributed by atoms with van der Waals surface area (Å²) >= 11 is 1.20. The van der Waals surface area contributed by atoms with Crippen LogP contribution < -0.4 is 10.6 Å². The SMILES string of the molecule is CC1=C(C(=O)OCc2ccccc2)C(c2ccco2)C(C#N)=C(SCC(=O)Nc2cccc(C)c2)N1. The minimum atomic E-state index is -0.753. The molecule has 0 spiro atoms. The van der Waals surface area contributed by atoms with Gasteiger partial charge in [-0.25, -0.2) is 4.79 Å². The second-order valence-electron chi connectivity index (χ2n) is 8.23. The number of anilines is 1. The molecule has 1 aliphatic heterocycles. The number of thioether (sulfide) groups is 1. The first-order valence-electron chi connectivity index (χ1n) is 11.3. The smallest absolute Gasteiger partial charge is 0.337 e. The number of ether oxygens (including phenoxy) is 1. The maximum absolute atomic E-state index is 13.2. The highest BCUT2D eigenvalue weighted by Crippen LogP contribution is 2.41. The highest BCUT2D eigenvalue weighted by Gasteiger charge is 2.37. The van der Waals surface area contributed by atoms with E-state index in [-0.39, 0.29) is 23.8 Å². The lowest BCUT2D eigenvalue weighted by Gasteiger charge is -2.28. The molecule has 0 fully saturated rings. The Bertz CT molecular complexity index is 1350. The van der Waals surface area contributed by atoms with Gasteiger partial charge in [0.2, 0.25) is 5.91 Å². The van der Waals surface area contributed by atoms with E-state index in [0.717, 1.165) is 11.1 Å². The van der Waals surface area contributed by atoms with Crippen molar-refractivity contribution >= 4 is 29.3 Å². The Morgan fingerprint density at radius 2 is 1.92 bits per heavy atom. The lowest BCUT2D eigenvalue weighted by Crippen LogP contribution is -2.29. The Balaban J connectivity index is 1.54. The number of nitrogens with zero attached hydrogens (tertiary/aromatic N) is 1. The van der Waals surface area contributed by atoms with Crippen LogP contribution in [0.4, 0.5) is 5.69 Å². The van der Waals surface area contributed by atoms with Crippen molar-refractivity contribution in [3.05, 3.63) is 112 Å². The lowest BCUT2D eigenvalue weighted by molar-refractivity contribution is -0.140. The molecular weight excluding hydrogens is 474 g/mol. The zero-order chi connectivity index (χ0) is 25.5. The van der Waals surface area contributed by atoms with Crippen molar-refractivity contribution in [3.63, 3.8) is 0 Å². The maximum Gasteiger partial charge on any atom is 0.337 e. The Kier molecular flexibility index (Phi) is 7.93. The summed E-state index contributed by atoms with van der Waals surface area (Å²) in [5, 5.41) is 16.6. The summed E-state index contributed by atoms with van der Waals surface area (Å²) in [5.41, 5.74) is 3.73. The number of dihydropyridines is 1. The summed E-state index contributed by atoms with van der Waals surface area (Å²) in [6.07, 6.45) is 1.50. The first-order valence-corrected chi connectivity index (χ1v) is 12.3. The molecule has 0 aliphatic carbocycles. The number of furan rings is 1. The van der Waals surface area contributed by atoms with Gasteiger partial charge >= 0.3 is 5.97 Å². The van der Waals surface area contributed by atoms with E-state index < -0.39 is 11.9 Å². The molecule has 1 aliphatic rings. The number of benzene rings is 2. The summed E-state index contributed by atoms with van der Waals surface area (Å²) < 4.78 is 11.2. The van der Waals surface area contributed by atoms with Crippen LogP contribution in [0.3, 0.4) is 0 Å². The molecule has 0 bridgehead atoms. The van der Waals surface area contributed by atoms with E-state index in [9.17, 15) is 14.9 Å². The number of esters is 1. The van der Waals surface area contributed by atoms with Crippen LogP contribution in [0.25, 0.3) is 0 Å². The van der Waals surface area contributed by atoms with Gasteiger partial charge in [-0.05, 0) is 49.2 Å². The Labute approximate surface area is 213 Å². The van der Waals surface area contributed by atoms with Crippen molar-refractivity contribution in [2.24, 2.45) is 0 Å². The predicted octanol–water partition coefficient (Wildman–Crippen LogP) is 5.40. The highest BCUT2D eigenvalue weighted by molar-refractivity contribution is 8.03. The van der Waals surface area contributed by atoms with Crippen molar-refractivity contribution < 1.29 is 18.7 Å². The summed E-state index contributed by atoms with van der Waals surface area (Å²) in [7, 11) is 0. The van der Waals surface area contributed by atoms with Gasteiger partial charge in [0.05, 0.1) is 40.2 Å². The molecule has 1 unspecified atom stereocenters. The molecule has 1 aromatic heterocycles. The third-order valence-electron chi connectivity index (χ3n) is 5.56.